The van der Waals surface area contributed by atoms with Gasteiger partial charge in [-0.15, -0.1) is 11.3 Å². The molecule has 1 aromatic heterocycles. The van der Waals surface area contributed by atoms with Crippen LogP contribution in [0.15, 0.2) is 256 Å². The summed E-state index contributed by atoms with van der Waals surface area (Å²) in [7, 11) is 0. The van der Waals surface area contributed by atoms with Crippen LogP contribution in [0.1, 0.15) is 52.8 Å². The predicted molar refractivity (Wildman–Crippen MR) is 284 cm³/mol. The quantitative estimate of drug-likeness (QED) is 0.124. The van der Waals surface area contributed by atoms with Crippen LogP contribution >= 0.6 is 11.3 Å². The van der Waals surface area contributed by atoms with E-state index in [0.717, 1.165) is 33.7 Å². The molecule has 1 heterocycles. The molecule has 1 nitrogen and oxygen atoms in total. The summed E-state index contributed by atoms with van der Waals surface area (Å²) in [6, 6.07) is 70.3. The van der Waals surface area contributed by atoms with Crippen molar-refractivity contribution in [3.05, 3.63) is 295 Å². The minimum atomic E-state index is -0.483. The highest BCUT2D eigenvalue weighted by atomic mass is 32.1. The molecule has 0 bridgehead atoms. The Morgan fingerprint density at radius 3 is 1.88 bits per heavy atom. The second-order valence-electron chi connectivity index (χ2n) is 17.9. The fourth-order valence-corrected chi connectivity index (χ4v) is 11.8. The molecule has 0 aliphatic heterocycles. The fourth-order valence-electron chi connectivity index (χ4n) is 10.6. The number of nitrogens with zero attached hydrogens (tertiary/aromatic N) is 1. The first kappa shape index (κ1) is 41.0. The Bertz CT molecular complexity index is 3440. The molecule has 0 N–H and O–H groups in total. The van der Waals surface area contributed by atoms with Gasteiger partial charge < -0.3 is 4.90 Å². The van der Waals surface area contributed by atoms with E-state index < -0.39 is 5.41 Å². The highest BCUT2D eigenvalue weighted by molar-refractivity contribution is 7.26. The molecule has 0 unspecified atom stereocenters. The number of fused-ring (bicyclic) bond motifs is 7. The SMILES string of the molecule is C=C(/C=C\C(=C)N(/C=C/C=C1\C(=C)C(C)(C)c2ccccc21)c1ccc(-c2cccc3c2sc2ccccc23)cc1)c1cccc2c1-c1ccccc1C2(c1ccccc1)c1ccccc1. The first-order valence-corrected chi connectivity index (χ1v) is 23.5. The number of benzene rings is 8. The lowest BCUT2D eigenvalue weighted by Crippen LogP contribution is -2.28. The maximum atomic E-state index is 4.73. The lowest BCUT2D eigenvalue weighted by atomic mass is 9.67. The van der Waals surface area contributed by atoms with Crippen LogP contribution in [0.5, 0.6) is 0 Å². The topological polar surface area (TPSA) is 3.24 Å². The minimum Gasteiger partial charge on any atom is -0.318 e. The summed E-state index contributed by atoms with van der Waals surface area (Å²) in [5.74, 6) is 0. The Labute approximate surface area is 392 Å². The van der Waals surface area contributed by atoms with Gasteiger partial charge in [0, 0.05) is 43.2 Å². The number of hydrogen-bond donors (Lipinski definition) is 0. The summed E-state index contributed by atoms with van der Waals surface area (Å²) in [5.41, 5.74) is 17.9. The maximum absolute atomic E-state index is 4.73. The van der Waals surface area contributed by atoms with Gasteiger partial charge in [0.05, 0.1) is 5.41 Å². The van der Waals surface area contributed by atoms with Gasteiger partial charge in [0.15, 0.2) is 0 Å². The smallest absolute Gasteiger partial charge is 0.0713 e. The monoisotopic (exact) mass is 863 g/mol. The molecule has 8 aromatic carbocycles. The van der Waals surface area contributed by atoms with Gasteiger partial charge >= 0.3 is 0 Å². The van der Waals surface area contributed by atoms with Crippen molar-refractivity contribution in [3.8, 4) is 22.3 Å². The summed E-state index contributed by atoms with van der Waals surface area (Å²) < 4.78 is 2.61. The molecule has 0 saturated carbocycles. The minimum absolute atomic E-state index is 0.143. The number of thiophene rings is 1. The van der Waals surface area contributed by atoms with Gasteiger partial charge in [-0.2, -0.15) is 0 Å². The summed E-state index contributed by atoms with van der Waals surface area (Å²) >= 11 is 1.86. The van der Waals surface area contributed by atoms with Gasteiger partial charge in [0.2, 0.25) is 0 Å². The van der Waals surface area contributed by atoms with Gasteiger partial charge in [0.1, 0.15) is 0 Å². The second-order valence-corrected chi connectivity index (χ2v) is 18.9. The van der Waals surface area contributed by atoms with E-state index in [1.54, 1.807) is 0 Å². The van der Waals surface area contributed by atoms with Gasteiger partial charge in [-0.3, -0.25) is 0 Å². The lowest BCUT2D eigenvalue weighted by Gasteiger charge is -2.34. The lowest BCUT2D eigenvalue weighted by molar-refractivity contribution is 0.663. The van der Waals surface area contributed by atoms with E-state index in [2.05, 4.69) is 257 Å². The van der Waals surface area contributed by atoms with Gasteiger partial charge in [-0.25, -0.2) is 0 Å². The Hall–Kier alpha value is -7.78. The Kier molecular flexibility index (Phi) is 10.1. The molecule has 0 fully saturated rings. The zero-order valence-corrected chi connectivity index (χ0v) is 38.2. The van der Waals surface area contributed by atoms with E-state index in [-0.39, 0.29) is 5.41 Å². The first-order chi connectivity index (χ1) is 32.3. The molecule has 2 aliphatic carbocycles. The van der Waals surface area contributed by atoms with Gasteiger partial charge in [0.25, 0.3) is 0 Å². The molecule has 66 heavy (non-hydrogen) atoms. The molecule has 0 spiro atoms. The van der Waals surface area contributed by atoms with Crippen molar-refractivity contribution in [1.82, 2.24) is 0 Å². The molecular weight excluding hydrogens is 815 g/mol. The third kappa shape index (κ3) is 6.51. The molecule has 11 rings (SSSR count). The van der Waals surface area contributed by atoms with E-state index in [9.17, 15) is 0 Å². The number of allylic oxidation sites excluding steroid dienone is 7. The van der Waals surface area contributed by atoms with E-state index >= 15 is 0 Å². The van der Waals surface area contributed by atoms with Crippen molar-refractivity contribution in [3.63, 3.8) is 0 Å². The number of hydrogen-bond acceptors (Lipinski definition) is 2. The van der Waals surface area contributed by atoms with Crippen LogP contribution in [0.3, 0.4) is 0 Å². The molecular formula is C64H49NS. The largest absolute Gasteiger partial charge is 0.318 e. The summed E-state index contributed by atoms with van der Waals surface area (Å²) in [4.78, 5) is 2.17. The zero-order valence-electron chi connectivity index (χ0n) is 37.3. The zero-order chi connectivity index (χ0) is 45.0. The van der Waals surface area contributed by atoms with Crippen LogP contribution in [0.25, 0.3) is 53.6 Å². The van der Waals surface area contributed by atoms with Crippen molar-refractivity contribution < 1.29 is 0 Å². The fraction of sp³-hybridized carbons (Fsp3) is 0.0625. The normalized spacial score (nSPS) is 15.1. The average molecular weight is 864 g/mol. The summed E-state index contributed by atoms with van der Waals surface area (Å²) in [6.45, 7) is 18.5. The molecule has 0 saturated heterocycles. The van der Waals surface area contributed by atoms with Crippen molar-refractivity contribution in [2.45, 2.75) is 24.7 Å². The van der Waals surface area contributed by atoms with Crippen LogP contribution in [0.4, 0.5) is 5.69 Å². The van der Waals surface area contributed by atoms with Crippen LogP contribution < -0.4 is 4.90 Å². The third-order valence-corrected chi connectivity index (χ3v) is 15.2. The van der Waals surface area contributed by atoms with Gasteiger partial charge in [-0.05, 0) is 108 Å². The summed E-state index contributed by atoms with van der Waals surface area (Å²) in [6.07, 6.45) is 10.7. The number of anilines is 1. The average Bonchev–Trinajstić information content (AvgIpc) is 3.96. The van der Waals surface area contributed by atoms with E-state index in [4.69, 9.17) is 6.58 Å². The highest BCUT2D eigenvalue weighted by Crippen LogP contribution is 2.57. The standard InChI is InChI=1S/C64H49NS/c1-43(50-28-19-34-59-61(50)56-27-13-16-33-58(56)64(59,47-21-8-6-9-22-47)48-23-10-7-11-24-48)36-37-44(2)65(42-20-31-51-45(3)63(4,5)57-32-15-12-25-53(51)57)49-40-38-46(39-41-49)52-29-18-30-55-54-26-14-17-35-60(54)66-62(52)55/h6-42H,1-3H2,4-5H3/b37-36-,42-20+,51-31+. The van der Waals surface area contributed by atoms with Gasteiger partial charge in [-0.1, -0.05) is 222 Å². The Morgan fingerprint density at radius 2 is 1.14 bits per heavy atom. The van der Waals surface area contributed by atoms with E-state index in [1.807, 2.05) is 11.3 Å². The van der Waals surface area contributed by atoms with Crippen LogP contribution in [-0.2, 0) is 10.8 Å². The molecule has 0 radical (unpaired) electrons. The van der Waals surface area contributed by atoms with Crippen molar-refractivity contribution in [2.75, 3.05) is 4.90 Å². The van der Waals surface area contributed by atoms with Crippen LogP contribution in [-0.4, -0.2) is 0 Å². The van der Waals surface area contributed by atoms with Crippen LogP contribution in [0, 0.1) is 0 Å². The summed E-state index contributed by atoms with van der Waals surface area (Å²) in [5, 5.41) is 2.60. The molecule has 2 heteroatoms. The Morgan fingerprint density at radius 1 is 0.545 bits per heavy atom. The van der Waals surface area contributed by atoms with Crippen molar-refractivity contribution in [1.29, 1.82) is 0 Å². The van der Waals surface area contributed by atoms with E-state index in [1.165, 1.54) is 75.8 Å². The molecule has 9 aromatic rings. The van der Waals surface area contributed by atoms with Crippen molar-refractivity contribution >= 4 is 48.3 Å². The van der Waals surface area contributed by atoms with Crippen molar-refractivity contribution in [2.24, 2.45) is 0 Å². The molecule has 0 atom stereocenters. The van der Waals surface area contributed by atoms with Crippen LogP contribution in [0.2, 0.25) is 0 Å². The van der Waals surface area contributed by atoms with E-state index in [0.29, 0.717) is 0 Å². The second kappa shape index (κ2) is 16.3. The molecule has 0 amide bonds. The third-order valence-electron chi connectivity index (χ3n) is 13.9. The molecule has 2 aliphatic rings. The number of rotatable bonds is 10. The highest BCUT2D eigenvalue weighted by Gasteiger charge is 2.46. The Balaban J connectivity index is 0.975. The predicted octanol–water partition coefficient (Wildman–Crippen LogP) is 17.1. The first-order valence-electron chi connectivity index (χ1n) is 22.7. The molecule has 316 valence electrons. The maximum Gasteiger partial charge on any atom is 0.0713 e.